The van der Waals surface area contributed by atoms with Crippen LogP contribution in [0.3, 0.4) is 0 Å². The van der Waals surface area contributed by atoms with E-state index in [1.54, 1.807) is 18.3 Å². The van der Waals surface area contributed by atoms with E-state index in [9.17, 15) is 9.18 Å². The molecule has 0 amide bonds. The van der Waals surface area contributed by atoms with Crippen molar-refractivity contribution in [2.75, 3.05) is 0 Å². The number of rotatable bonds is 5. The van der Waals surface area contributed by atoms with Crippen LogP contribution >= 0.6 is 0 Å². The zero-order valence-corrected chi connectivity index (χ0v) is 15.2. The van der Waals surface area contributed by atoms with E-state index < -0.39 is 5.82 Å². The molecule has 2 nitrogen and oxygen atoms in total. The van der Waals surface area contributed by atoms with Crippen LogP contribution in [0.4, 0.5) is 4.39 Å². The van der Waals surface area contributed by atoms with Gasteiger partial charge in [0.1, 0.15) is 5.82 Å². The van der Waals surface area contributed by atoms with E-state index in [1.807, 2.05) is 72.8 Å². The Hall–Kier alpha value is -3.59. The molecule has 3 heteroatoms. The maximum Gasteiger partial charge on any atom is 0.168 e. The van der Waals surface area contributed by atoms with Crippen LogP contribution in [0.5, 0.6) is 0 Å². The number of Topliss-reactive ketones (excluding diaryl/α,β-unsaturated/α-hetero) is 1. The summed E-state index contributed by atoms with van der Waals surface area (Å²) < 4.78 is 14.6. The predicted octanol–water partition coefficient (Wildman–Crippen LogP) is 5.73. The third-order valence-electron chi connectivity index (χ3n) is 4.66. The Balaban J connectivity index is 1.77. The molecule has 0 spiro atoms. The van der Waals surface area contributed by atoms with Crippen molar-refractivity contribution in [1.29, 1.82) is 0 Å². The summed E-state index contributed by atoms with van der Waals surface area (Å²) in [5.74, 6) is -0.557. The van der Waals surface area contributed by atoms with Crippen molar-refractivity contribution in [2.45, 2.75) is 6.42 Å². The van der Waals surface area contributed by atoms with Crippen LogP contribution in [0, 0.1) is 5.82 Å². The summed E-state index contributed by atoms with van der Waals surface area (Å²) in [6.45, 7) is 0. The van der Waals surface area contributed by atoms with E-state index in [0.717, 1.165) is 16.5 Å². The Morgan fingerprint density at radius 1 is 0.857 bits per heavy atom. The monoisotopic (exact) mass is 367 g/mol. The number of halogens is 1. The Morgan fingerprint density at radius 2 is 1.57 bits per heavy atom. The number of ketones is 1. The van der Waals surface area contributed by atoms with E-state index >= 15 is 0 Å². The van der Waals surface area contributed by atoms with Crippen molar-refractivity contribution >= 4 is 28.3 Å². The van der Waals surface area contributed by atoms with Crippen molar-refractivity contribution in [2.24, 2.45) is 0 Å². The zero-order chi connectivity index (χ0) is 19.3. The molecule has 0 N–H and O–H groups in total. The number of hydrogen-bond acceptors (Lipinski definition) is 2. The van der Waals surface area contributed by atoms with Gasteiger partial charge in [-0.05, 0) is 35.4 Å². The molecule has 3 aromatic carbocycles. The third kappa shape index (κ3) is 3.74. The standard InChI is InChI=1S/C25H18FNO/c26-23-14-13-20-12-7-15-27-25(20)22(23)17-24(28)21(19-10-5-2-6-11-19)16-18-8-3-1-4-9-18/h1-16H,17H2/b21-16+. The molecular formula is C25H18FNO. The first kappa shape index (κ1) is 17.8. The van der Waals surface area contributed by atoms with Gasteiger partial charge >= 0.3 is 0 Å². The number of hydrogen-bond donors (Lipinski definition) is 0. The Kier molecular flexibility index (Phi) is 5.07. The predicted molar refractivity (Wildman–Crippen MR) is 111 cm³/mol. The number of allylic oxidation sites excluding steroid dienone is 1. The molecule has 0 fully saturated rings. The van der Waals surface area contributed by atoms with Crippen LogP contribution in [-0.2, 0) is 11.2 Å². The lowest BCUT2D eigenvalue weighted by molar-refractivity contribution is -0.113. The summed E-state index contributed by atoms with van der Waals surface area (Å²) in [5.41, 5.74) is 3.15. The maximum atomic E-state index is 14.6. The Bertz CT molecular complexity index is 1150. The van der Waals surface area contributed by atoms with Gasteiger partial charge in [-0.3, -0.25) is 9.78 Å². The maximum absolute atomic E-state index is 14.6. The first-order valence-electron chi connectivity index (χ1n) is 9.10. The molecule has 0 aliphatic rings. The molecule has 0 saturated carbocycles. The molecule has 0 aliphatic carbocycles. The van der Waals surface area contributed by atoms with Crippen molar-refractivity contribution in [3.05, 3.63) is 114 Å². The van der Waals surface area contributed by atoms with Gasteiger partial charge in [0.15, 0.2) is 5.78 Å². The van der Waals surface area contributed by atoms with E-state index in [1.165, 1.54) is 6.07 Å². The molecule has 136 valence electrons. The summed E-state index contributed by atoms with van der Waals surface area (Å²) in [6.07, 6.45) is 3.43. The highest BCUT2D eigenvalue weighted by molar-refractivity contribution is 6.26. The summed E-state index contributed by atoms with van der Waals surface area (Å²) in [6, 6.07) is 25.9. The molecule has 1 heterocycles. The molecule has 0 aliphatic heterocycles. The average molecular weight is 367 g/mol. The van der Waals surface area contributed by atoms with Crippen LogP contribution in [0.15, 0.2) is 91.1 Å². The second-order valence-electron chi connectivity index (χ2n) is 6.54. The molecule has 0 atom stereocenters. The number of nitrogens with zero attached hydrogens (tertiary/aromatic N) is 1. The van der Waals surface area contributed by atoms with Crippen molar-refractivity contribution in [3.63, 3.8) is 0 Å². The number of aromatic nitrogens is 1. The van der Waals surface area contributed by atoms with Crippen molar-refractivity contribution < 1.29 is 9.18 Å². The smallest absolute Gasteiger partial charge is 0.168 e. The molecule has 28 heavy (non-hydrogen) atoms. The fourth-order valence-electron chi connectivity index (χ4n) is 3.26. The van der Waals surface area contributed by atoms with E-state index in [4.69, 9.17) is 0 Å². The summed E-state index contributed by atoms with van der Waals surface area (Å²) >= 11 is 0. The van der Waals surface area contributed by atoms with Gasteiger partial charge in [0.2, 0.25) is 0 Å². The number of fused-ring (bicyclic) bond motifs is 1. The van der Waals surface area contributed by atoms with E-state index in [0.29, 0.717) is 16.7 Å². The number of carbonyl (C=O) groups excluding carboxylic acids is 1. The largest absolute Gasteiger partial charge is 0.294 e. The van der Waals surface area contributed by atoms with E-state index in [-0.39, 0.29) is 12.2 Å². The van der Waals surface area contributed by atoms with Crippen LogP contribution in [-0.4, -0.2) is 10.8 Å². The minimum atomic E-state index is -0.410. The molecule has 4 aromatic rings. The molecule has 0 radical (unpaired) electrons. The minimum absolute atomic E-state index is 0.0479. The van der Waals surface area contributed by atoms with Gasteiger partial charge in [0.05, 0.1) is 5.52 Å². The number of pyridine rings is 1. The third-order valence-corrected chi connectivity index (χ3v) is 4.66. The van der Waals surface area contributed by atoms with Crippen LogP contribution < -0.4 is 0 Å². The molecule has 4 rings (SSSR count). The van der Waals surface area contributed by atoms with Crippen LogP contribution in [0.25, 0.3) is 22.6 Å². The summed E-state index contributed by atoms with van der Waals surface area (Å²) in [5, 5.41) is 0.819. The SMILES string of the molecule is O=C(Cc1c(F)ccc2cccnc12)/C(=C/c1ccccc1)c1ccccc1. The van der Waals surface area contributed by atoms with Gasteiger partial charge in [0.25, 0.3) is 0 Å². The van der Waals surface area contributed by atoms with Gasteiger partial charge in [-0.2, -0.15) is 0 Å². The molecule has 0 saturated heterocycles. The lowest BCUT2D eigenvalue weighted by atomic mass is 9.94. The summed E-state index contributed by atoms with van der Waals surface area (Å²) in [7, 11) is 0. The van der Waals surface area contributed by atoms with Gasteiger partial charge < -0.3 is 0 Å². The zero-order valence-electron chi connectivity index (χ0n) is 15.2. The fourth-order valence-corrected chi connectivity index (χ4v) is 3.26. The highest BCUT2D eigenvalue weighted by Gasteiger charge is 2.17. The Labute approximate surface area is 163 Å². The quantitative estimate of drug-likeness (QED) is 0.333. The second kappa shape index (κ2) is 7.97. The molecule has 1 aromatic heterocycles. The van der Waals surface area contributed by atoms with Crippen LogP contribution in [0.1, 0.15) is 16.7 Å². The lowest BCUT2D eigenvalue weighted by Gasteiger charge is -2.10. The van der Waals surface area contributed by atoms with Crippen molar-refractivity contribution in [3.8, 4) is 0 Å². The molecular weight excluding hydrogens is 349 g/mol. The fraction of sp³-hybridized carbons (Fsp3) is 0.0400. The normalized spacial score (nSPS) is 11.5. The molecule has 0 unspecified atom stereocenters. The number of carbonyl (C=O) groups is 1. The highest BCUT2D eigenvalue weighted by Crippen LogP contribution is 2.25. The summed E-state index contributed by atoms with van der Waals surface area (Å²) in [4.78, 5) is 17.6. The van der Waals surface area contributed by atoms with Gasteiger partial charge in [-0.15, -0.1) is 0 Å². The van der Waals surface area contributed by atoms with Gasteiger partial charge in [0, 0.05) is 29.1 Å². The Morgan fingerprint density at radius 3 is 2.32 bits per heavy atom. The topological polar surface area (TPSA) is 30.0 Å². The lowest BCUT2D eigenvalue weighted by Crippen LogP contribution is -2.08. The second-order valence-corrected chi connectivity index (χ2v) is 6.54. The van der Waals surface area contributed by atoms with Gasteiger partial charge in [-0.25, -0.2) is 4.39 Å². The molecule has 0 bridgehead atoms. The first-order chi connectivity index (χ1) is 13.7. The number of benzene rings is 3. The van der Waals surface area contributed by atoms with E-state index in [2.05, 4.69) is 4.98 Å². The van der Waals surface area contributed by atoms with Crippen LogP contribution in [0.2, 0.25) is 0 Å². The van der Waals surface area contributed by atoms with Gasteiger partial charge in [-0.1, -0.05) is 66.7 Å². The minimum Gasteiger partial charge on any atom is -0.294 e. The highest BCUT2D eigenvalue weighted by atomic mass is 19.1. The average Bonchev–Trinajstić information content (AvgIpc) is 2.75. The first-order valence-corrected chi connectivity index (χ1v) is 9.10. The van der Waals surface area contributed by atoms with Crippen molar-refractivity contribution in [1.82, 2.24) is 4.98 Å².